The van der Waals surface area contributed by atoms with Crippen LogP contribution in [0, 0.1) is 11.6 Å². The maximum atomic E-state index is 13.8. The average molecular weight is 385 g/mol. The van der Waals surface area contributed by atoms with E-state index < -0.39 is 17.5 Å². The lowest BCUT2D eigenvalue weighted by Crippen LogP contribution is -2.13. The number of methoxy groups -OCH3 is 1. The molecule has 138 valence electrons. The van der Waals surface area contributed by atoms with Gasteiger partial charge in [-0.2, -0.15) is 0 Å². The van der Waals surface area contributed by atoms with Gasteiger partial charge in [0.05, 0.1) is 12.8 Å². The molecule has 3 aromatic carbocycles. The van der Waals surface area contributed by atoms with Gasteiger partial charge in [0.1, 0.15) is 17.4 Å². The van der Waals surface area contributed by atoms with E-state index >= 15 is 0 Å². The normalized spacial score (nSPS) is 10.5. The molecule has 0 fully saturated rings. The van der Waals surface area contributed by atoms with Crippen LogP contribution in [0.1, 0.15) is 15.9 Å². The van der Waals surface area contributed by atoms with E-state index in [1.165, 1.54) is 6.07 Å². The molecule has 3 nitrogen and oxygen atoms in total. The summed E-state index contributed by atoms with van der Waals surface area (Å²) in [6.07, 6.45) is 0. The summed E-state index contributed by atoms with van der Waals surface area (Å²) in [4.78, 5) is 13.6. The van der Waals surface area contributed by atoms with E-state index in [0.29, 0.717) is 17.1 Å². The number of halogens is 2. The van der Waals surface area contributed by atoms with Crippen LogP contribution in [0.15, 0.2) is 71.6 Å². The second-order valence-corrected chi connectivity index (χ2v) is 6.76. The maximum absolute atomic E-state index is 13.8. The fraction of sp³-hybridized carbons (Fsp3) is 0.0952. The summed E-state index contributed by atoms with van der Waals surface area (Å²) < 4.78 is 32.1. The monoisotopic (exact) mass is 385 g/mol. The Morgan fingerprint density at radius 1 is 1.04 bits per heavy atom. The van der Waals surface area contributed by atoms with Crippen LogP contribution in [-0.2, 0) is 5.75 Å². The number of hydrogen-bond acceptors (Lipinski definition) is 3. The van der Waals surface area contributed by atoms with Gasteiger partial charge < -0.3 is 10.1 Å². The number of ether oxygens (including phenoxy) is 1. The summed E-state index contributed by atoms with van der Waals surface area (Å²) in [5, 5.41) is 2.46. The van der Waals surface area contributed by atoms with Crippen LogP contribution >= 0.6 is 11.8 Å². The Kier molecular flexibility index (Phi) is 6.08. The van der Waals surface area contributed by atoms with Crippen LogP contribution in [0.2, 0.25) is 0 Å². The molecule has 1 amide bonds. The molecule has 0 saturated heterocycles. The van der Waals surface area contributed by atoms with Crippen molar-refractivity contribution in [3.05, 3.63) is 89.5 Å². The lowest BCUT2D eigenvalue weighted by molar-refractivity contribution is 0.102. The third-order valence-corrected chi connectivity index (χ3v) is 4.92. The molecular weight excluding hydrogens is 368 g/mol. The summed E-state index contributed by atoms with van der Waals surface area (Å²) in [7, 11) is 1.57. The number of carbonyl (C=O) groups excluding carboxylic acids is 1. The van der Waals surface area contributed by atoms with E-state index in [1.54, 1.807) is 37.1 Å². The van der Waals surface area contributed by atoms with Crippen molar-refractivity contribution in [1.29, 1.82) is 0 Å². The van der Waals surface area contributed by atoms with Crippen molar-refractivity contribution in [1.82, 2.24) is 0 Å². The third kappa shape index (κ3) is 4.86. The lowest BCUT2D eigenvalue weighted by atomic mass is 10.1. The van der Waals surface area contributed by atoms with Crippen LogP contribution in [0.4, 0.5) is 14.5 Å². The number of amides is 1. The van der Waals surface area contributed by atoms with Crippen molar-refractivity contribution in [3.8, 4) is 5.75 Å². The first-order valence-electron chi connectivity index (χ1n) is 8.18. The highest BCUT2D eigenvalue weighted by atomic mass is 32.2. The van der Waals surface area contributed by atoms with Gasteiger partial charge >= 0.3 is 0 Å². The van der Waals surface area contributed by atoms with E-state index in [-0.39, 0.29) is 5.69 Å². The number of thioether (sulfide) groups is 1. The van der Waals surface area contributed by atoms with Crippen molar-refractivity contribution in [2.45, 2.75) is 10.6 Å². The Labute approximate surface area is 160 Å². The van der Waals surface area contributed by atoms with Gasteiger partial charge in [-0.1, -0.05) is 18.2 Å². The molecule has 0 aliphatic carbocycles. The highest BCUT2D eigenvalue weighted by molar-refractivity contribution is 7.98. The van der Waals surface area contributed by atoms with Crippen LogP contribution in [0.3, 0.4) is 0 Å². The Hall–Kier alpha value is -2.86. The minimum Gasteiger partial charge on any atom is -0.496 e. The van der Waals surface area contributed by atoms with Crippen LogP contribution in [-0.4, -0.2) is 13.0 Å². The molecule has 0 aromatic heterocycles. The molecule has 0 heterocycles. The molecule has 0 atom stereocenters. The molecule has 0 unspecified atom stereocenters. The van der Waals surface area contributed by atoms with E-state index in [9.17, 15) is 13.6 Å². The molecule has 0 saturated carbocycles. The van der Waals surface area contributed by atoms with Crippen molar-refractivity contribution in [2.24, 2.45) is 0 Å². The molecule has 3 rings (SSSR count). The van der Waals surface area contributed by atoms with Gasteiger partial charge in [-0.05, 0) is 42.5 Å². The molecule has 1 N–H and O–H groups in total. The smallest absolute Gasteiger partial charge is 0.255 e. The SMILES string of the molecule is COc1ccc(C(=O)Nc2ccc(F)cc2F)cc1CSc1ccccc1. The van der Waals surface area contributed by atoms with Crippen molar-refractivity contribution < 1.29 is 18.3 Å². The molecule has 6 heteroatoms. The summed E-state index contributed by atoms with van der Waals surface area (Å²) in [5.41, 5.74) is 1.14. The second kappa shape index (κ2) is 8.68. The average Bonchev–Trinajstić information content (AvgIpc) is 2.69. The van der Waals surface area contributed by atoms with Gasteiger partial charge in [0.15, 0.2) is 0 Å². The molecule has 27 heavy (non-hydrogen) atoms. The molecule has 0 aliphatic heterocycles. The summed E-state index contributed by atoms with van der Waals surface area (Å²) in [5.74, 6) is -0.719. The third-order valence-electron chi connectivity index (χ3n) is 3.86. The highest BCUT2D eigenvalue weighted by Gasteiger charge is 2.13. The standard InChI is InChI=1S/C21H17F2NO2S/c1-26-20-10-7-14(11-15(20)13-27-17-5-3-2-4-6-17)21(25)24-19-9-8-16(22)12-18(19)23/h2-12H,13H2,1H3,(H,24,25). The Morgan fingerprint density at radius 2 is 1.81 bits per heavy atom. The maximum Gasteiger partial charge on any atom is 0.255 e. The fourth-order valence-corrected chi connectivity index (χ4v) is 3.39. The lowest BCUT2D eigenvalue weighted by Gasteiger charge is -2.11. The zero-order chi connectivity index (χ0) is 19.2. The molecule has 0 bridgehead atoms. The van der Waals surface area contributed by atoms with Gasteiger partial charge in [0.2, 0.25) is 0 Å². The first-order valence-corrected chi connectivity index (χ1v) is 9.16. The predicted molar refractivity (Wildman–Crippen MR) is 103 cm³/mol. The number of rotatable bonds is 6. The Balaban J connectivity index is 1.78. The van der Waals surface area contributed by atoms with E-state index in [4.69, 9.17) is 4.74 Å². The minimum absolute atomic E-state index is 0.0718. The number of anilines is 1. The largest absolute Gasteiger partial charge is 0.496 e. The van der Waals surface area contributed by atoms with Crippen LogP contribution in [0.25, 0.3) is 0 Å². The van der Waals surface area contributed by atoms with Gasteiger partial charge in [0.25, 0.3) is 5.91 Å². The van der Waals surface area contributed by atoms with E-state index in [1.807, 2.05) is 30.3 Å². The quantitative estimate of drug-likeness (QED) is 0.568. The topological polar surface area (TPSA) is 38.3 Å². The summed E-state index contributed by atoms with van der Waals surface area (Å²) in [6, 6.07) is 17.9. The molecule has 0 aliphatic rings. The zero-order valence-corrected chi connectivity index (χ0v) is 15.4. The Morgan fingerprint density at radius 3 is 2.52 bits per heavy atom. The summed E-state index contributed by atoms with van der Waals surface area (Å²) in [6.45, 7) is 0. The number of carbonyl (C=O) groups is 1. The van der Waals surface area contributed by atoms with Gasteiger partial charge in [-0.25, -0.2) is 8.78 Å². The summed E-state index contributed by atoms with van der Waals surface area (Å²) >= 11 is 1.62. The predicted octanol–water partition coefficient (Wildman–Crippen LogP) is 5.52. The van der Waals surface area contributed by atoms with Crippen molar-refractivity contribution >= 4 is 23.4 Å². The highest BCUT2D eigenvalue weighted by Crippen LogP contribution is 2.29. The Bertz CT molecular complexity index is 948. The second-order valence-electron chi connectivity index (χ2n) is 5.71. The molecule has 0 radical (unpaired) electrons. The van der Waals surface area contributed by atoms with Crippen LogP contribution in [0.5, 0.6) is 5.75 Å². The minimum atomic E-state index is -0.822. The molecular formula is C21H17F2NO2S. The van der Waals surface area contributed by atoms with Crippen molar-refractivity contribution in [2.75, 3.05) is 12.4 Å². The number of benzene rings is 3. The van der Waals surface area contributed by atoms with Crippen LogP contribution < -0.4 is 10.1 Å². The zero-order valence-electron chi connectivity index (χ0n) is 14.5. The van der Waals surface area contributed by atoms with Gasteiger partial charge in [-0.3, -0.25) is 4.79 Å². The van der Waals surface area contributed by atoms with Crippen molar-refractivity contribution in [3.63, 3.8) is 0 Å². The molecule has 3 aromatic rings. The first kappa shape index (κ1) is 18.9. The van der Waals surface area contributed by atoms with Gasteiger partial charge in [-0.15, -0.1) is 11.8 Å². The molecule has 0 spiro atoms. The van der Waals surface area contributed by atoms with E-state index in [2.05, 4.69) is 5.32 Å². The van der Waals surface area contributed by atoms with Gasteiger partial charge in [0, 0.05) is 27.8 Å². The fourth-order valence-electron chi connectivity index (χ4n) is 2.50. The van der Waals surface area contributed by atoms with E-state index in [0.717, 1.165) is 22.6 Å². The number of nitrogens with one attached hydrogen (secondary N) is 1. The number of hydrogen-bond donors (Lipinski definition) is 1. The first-order chi connectivity index (χ1) is 13.1.